The van der Waals surface area contributed by atoms with Gasteiger partial charge < -0.3 is 14.2 Å². The number of rotatable bonds is 7. The summed E-state index contributed by atoms with van der Waals surface area (Å²) in [5.74, 6) is 1.56. The average Bonchev–Trinajstić information content (AvgIpc) is 3.27. The minimum absolute atomic E-state index is 0.0767. The molecule has 1 aliphatic heterocycles. The topological polar surface area (TPSA) is 62.5 Å². The summed E-state index contributed by atoms with van der Waals surface area (Å²) in [6, 6.07) is 6.24. The zero-order chi connectivity index (χ0) is 17.6. The van der Waals surface area contributed by atoms with Crippen molar-refractivity contribution < 1.29 is 9.21 Å². The van der Waals surface area contributed by atoms with Crippen molar-refractivity contribution in [1.29, 1.82) is 0 Å². The molecular weight excluding hydrogens is 316 g/mol. The predicted octanol–water partition coefficient (Wildman–Crippen LogP) is 2.30. The van der Waals surface area contributed by atoms with E-state index < -0.39 is 0 Å². The van der Waals surface area contributed by atoms with Crippen LogP contribution in [0.15, 0.2) is 35.0 Å². The number of amides is 1. The first-order valence-corrected chi connectivity index (χ1v) is 8.98. The molecule has 0 spiro atoms. The lowest BCUT2D eigenvalue weighted by molar-refractivity contribution is -0.132. The maximum Gasteiger partial charge on any atom is 0.220 e. The van der Waals surface area contributed by atoms with Crippen LogP contribution in [0.25, 0.3) is 0 Å². The Hall–Kier alpha value is -2.21. The summed E-state index contributed by atoms with van der Waals surface area (Å²) in [4.78, 5) is 25.1. The van der Waals surface area contributed by atoms with Gasteiger partial charge in [0.1, 0.15) is 5.76 Å². The summed E-state index contributed by atoms with van der Waals surface area (Å²) in [6.45, 7) is 6.98. The summed E-state index contributed by atoms with van der Waals surface area (Å²) in [6.07, 6.45) is 6.33. The first-order chi connectivity index (χ1) is 12.2. The summed E-state index contributed by atoms with van der Waals surface area (Å²) in [5.41, 5.74) is 1.11. The molecule has 1 amide bonds. The first-order valence-electron chi connectivity index (χ1n) is 8.98. The van der Waals surface area contributed by atoms with Gasteiger partial charge in [-0.2, -0.15) is 0 Å². The molecule has 2 aromatic heterocycles. The number of carbonyl (C=O) groups excluding carboxylic acids is 1. The van der Waals surface area contributed by atoms with E-state index in [9.17, 15) is 4.79 Å². The molecule has 6 nitrogen and oxygen atoms in total. The number of likely N-dealkylation sites (tertiary alicyclic amines) is 1. The highest BCUT2D eigenvalue weighted by Crippen LogP contribution is 2.19. The molecule has 3 heterocycles. The van der Waals surface area contributed by atoms with Gasteiger partial charge in [0.2, 0.25) is 11.8 Å². The SMILES string of the molecule is CCc1cnc(CN(C(C)=O)[C@@H]2CCN(CCc3ccccn3)C2)o1. The fourth-order valence-corrected chi connectivity index (χ4v) is 3.32. The Morgan fingerprint density at radius 2 is 2.28 bits per heavy atom. The molecule has 25 heavy (non-hydrogen) atoms. The van der Waals surface area contributed by atoms with E-state index in [4.69, 9.17) is 4.42 Å². The van der Waals surface area contributed by atoms with Crippen molar-refractivity contribution in [2.24, 2.45) is 0 Å². The van der Waals surface area contributed by atoms with Crippen LogP contribution in [0.4, 0.5) is 0 Å². The highest BCUT2D eigenvalue weighted by molar-refractivity contribution is 5.73. The third-order valence-electron chi connectivity index (χ3n) is 4.76. The Bertz CT molecular complexity index is 686. The van der Waals surface area contributed by atoms with E-state index >= 15 is 0 Å². The van der Waals surface area contributed by atoms with E-state index in [0.717, 1.165) is 50.4 Å². The van der Waals surface area contributed by atoms with Crippen LogP contribution < -0.4 is 0 Å². The summed E-state index contributed by atoms with van der Waals surface area (Å²) >= 11 is 0. The van der Waals surface area contributed by atoms with Gasteiger partial charge in [-0.1, -0.05) is 13.0 Å². The van der Waals surface area contributed by atoms with Gasteiger partial charge in [-0.3, -0.25) is 9.78 Å². The van der Waals surface area contributed by atoms with Gasteiger partial charge in [0.15, 0.2) is 0 Å². The number of carbonyl (C=O) groups is 1. The number of oxazole rings is 1. The molecule has 0 radical (unpaired) electrons. The largest absolute Gasteiger partial charge is 0.444 e. The molecule has 3 rings (SSSR count). The molecule has 0 unspecified atom stereocenters. The van der Waals surface area contributed by atoms with Crippen LogP contribution in [0.3, 0.4) is 0 Å². The van der Waals surface area contributed by atoms with E-state index in [2.05, 4.69) is 20.9 Å². The zero-order valence-electron chi connectivity index (χ0n) is 15.0. The second-order valence-corrected chi connectivity index (χ2v) is 6.53. The van der Waals surface area contributed by atoms with E-state index in [-0.39, 0.29) is 11.9 Å². The fraction of sp³-hybridized carbons (Fsp3) is 0.526. The van der Waals surface area contributed by atoms with Crippen molar-refractivity contribution in [3.63, 3.8) is 0 Å². The zero-order valence-corrected chi connectivity index (χ0v) is 15.0. The van der Waals surface area contributed by atoms with Crippen molar-refractivity contribution in [1.82, 2.24) is 19.8 Å². The molecule has 1 aliphatic rings. The van der Waals surface area contributed by atoms with Crippen molar-refractivity contribution >= 4 is 5.91 Å². The average molecular weight is 342 g/mol. The molecule has 0 aromatic carbocycles. The molecule has 6 heteroatoms. The van der Waals surface area contributed by atoms with Crippen molar-refractivity contribution in [3.8, 4) is 0 Å². The summed E-state index contributed by atoms with van der Waals surface area (Å²) < 4.78 is 5.68. The van der Waals surface area contributed by atoms with E-state index in [1.54, 1.807) is 13.1 Å². The number of aromatic nitrogens is 2. The normalized spacial score (nSPS) is 17.8. The molecule has 0 saturated carbocycles. The molecule has 1 atom stereocenters. The molecule has 0 aliphatic carbocycles. The van der Waals surface area contributed by atoms with Gasteiger partial charge in [-0.15, -0.1) is 0 Å². The van der Waals surface area contributed by atoms with Crippen LogP contribution >= 0.6 is 0 Å². The minimum atomic E-state index is 0.0767. The Labute approximate surface area is 148 Å². The van der Waals surface area contributed by atoms with Gasteiger partial charge in [0.25, 0.3) is 0 Å². The third-order valence-corrected chi connectivity index (χ3v) is 4.76. The van der Waals surface area contributed by atoms with Gasteiger partial charge in [-0.05, 0) is 18.6 Å². The molecule has 1 saturated heterocycles. The maximum atomic E-state index is 12.1. The van der Waals surface area contributed by atoms with Gasteiger partial charge in [0.05, 0.1) is 12.7 Å². The fourth-order valence-electron chi connectivity index (χ4n) is 3.32. The molecule has 1 fully saturated rings. The van der Waals surface area contributed by atoms with Crippen molar-refractivity contribution in [2.45, 2.75) is 45.7 Å². The maximum absolute atomic E-state index is 12.1. The van der Waals surface area contributed by atoms with Crippen molar-refractivity contribution in [2.75, 3.05) is 19.6 Å². The van der Waals surface area contributed by atoms with Crippen LogP contribution in [-0.2, 0) is 24.2 Å². The third kappa shape index (κ3) is 4.66. The van der Waals surface area contributed by atoms with Crippen LogP contribution in [-0.4, -0.2) is 51.4 Å². The monoisotopic (exact) mass is 342 g/mol. The number of pyridine rings is 1. The van der Waals surface area contributed by atoms with Crippen LogP contribution in [0.5, 0.6) is 0 Å². The Balaban J connectivity index is 1.55. The predicted molar refractivity (Wildman–Crippen MR) is 94.9 cm³/mol. The lowest BCUT2D eigenvalue weighted by Crippen LogP contribution is -2.40. The van der Waals surface area contributed by atoms with Gasteiger partial charge in [-0.25, -0.2) is 4.98 Å². The molecule has 0 N–H and O–H groups in total. The Kier molecular flexibility index (Phi) is 5.81. The van der Waals surface area contributed by atoms with Gasteiger partial charge >= 0.3 is 0 Å². The minimum Gasteiger partial charge on any atom is -0.444 e. The second kappa shape index (κ2) is 8.25. The summed E-state index contributed by atoms with van der Waals surface area (Å²) in [5, 5.41) is 0. The number of hydrogen-bond donors (Lipinski definition) is 0. The van der Waals surface area contributed by atoms with Crippen molar-refractivity contribution in [3.05, 3.63) is 47.9 Å². The van der Waals surface area contributed by atoms with E-state index in [0.29, 0.717) is 12.4 Å². The Morgan fingerprint density at radius 3 is 2.96 bits per heavy atom. The van der Waals surface area contributed by atoms with Crippen LogP contribution in [0.2, 0.25) is 0 Å². The highest BCUT2D eigenvalue weighted by atomic mass is 16.4. The smallest absolute Gasteiger partial charge is 0.220 e. The number of nitrogens with zero attached hydrogens (tertiary/aromatic N) is 4. The molecule has 2 aromatic rings. The quantitative estimate of drug-likeness (QED) is 0.772. The highest BCUT2D eigenvalue weighted by Gasteiger charge is 2.30. The standard InChI is InChI=1S/C19H26N4O2/c1-3-18-12-21-19(25-18)14-23(15(2)24)17-8-11-22(13-17)10-7-16-6-4-5-9-20-16/h4-6,9,12,17H,3,7-8,10-11,13-14H2,1-2H3/t17-/m1/s1. The molecule has 0 bridgehead atoms. The first kappa shape index (κ1) is 17.6. The van der Waals surface area contributed by atoms with E-state index in [1.807, 2.05) is 30.2 Å². The van der Waals surface area contributed by atoms with E-state index in [1.165, 1.54) is 0 Å². The number of hydrogen-bond acceptors (Lipinski definition) is 5. The molecular formula is C19H26N4O2. The molecule has 134 valence electrons. The number of aryl methyl sites for hydroxylation is 1. The summed E-state index contributed by atoms with van der Waals surface area (Å²) in [7, 11) is 0. The van der Waals surface area contributed by atoms with Crippen LogP contribution in [0.1, 0.15) is 37.6 Å². The Morgan fingerprint density at radius 1 is 1.40 bits per heavy atom. The van der Waals surface area contributed by atoms with Crippen LogP contribution in [0, 0.1) is 0 Å². The van der Waals surface area contributed by atoms with Gasteiger partial charge in [0, 0.05) is 57.3 Å². The second-order valence-electron chi connectivity index (χ2n) is 6.53. The lowest BCUT2D eigenvalue weighted by Gasteiger charge is -2.27. The lowest BCUT2D eigenvalue weighted by atomic mass is 10.2.